The van der Waals surface area contributed by atoms with Gasteiger partial charge in [0.15, 0.2) is 0 Å². The highest BCUT2D eigenvalue weighted by Crippen LogP contribution is 2.18. The van der Waals surface area contributed by atoms with Gasteiger partial charge in [-0.25, -0.2) is 4.98 Å². The largest absolute Gasteiger partial charge is 0.342 e. The molecule has 0 radical (unpaired) electrons. The Hall–Kier alpha value is -3.40. The summed E-state index contributed by atoms with van der Waals surface area (Å²) < 4.78 is 0. The zero-order chi connectivity index (χ0) is 19.3. The minimum Gasteiger partial charge on any atom is -0.342 e. The molecule has 2 N–H and O–H groups in total. The molecule has 0 aliphatic carbocycles. The fourth-order valence-electron chi connectivity index (χ4n) is 3.40. The van der Waals surface area contributed by atoms with E-state index in [4.69, 9.17) is 0 Å². The number of fused-ring (bicyclic) bond motifs is 1. The highest BCUT2D eigenvalue weighted by atomic mass is 16.1. The highest BCUT2D eigenvalue weighted by molar-refractivity contribution is 5.96. The zero-order valence-electron chi connectivity index (χ0n) is 15.9. The summed E-state index contributed by atoms with van der Waals surface area (Å²) in [4.78, 5) is 20.8. The van der Waals surface area contributed by atoms with Crippen LogP contribution in [0.5, 0.6) is 0 Å². The van der Waals surface area contributed by atoms with Crippen molar-refractivity contribution in [2.45, 2.75) is 25.8 Å². The Morgan fingerprint density at radius 1 is 0.929 bits per heavy atom. The molecule has 3 aromatic carbocycles. The van der Waals surface area contributed by atoms with E-state index in [-0.39, 0.29) is 11.9 Å². The van der Waals surface area contributed by atoms with Gasteiger partial charge >= 0.3 is 0 Å². The summed E-state index contributed by atoms with van der Waals surface area (Å²) >= 11 is 0. The number of carbonyl (C=O) groups is 1. The molecule has 4 heteroatoms. The maximum absolute atomic E-state index is 12.9. The minimum atomic E-state index is -0.206. The average Bonchev–Trinajstić information content (AvgIpc) is 3.18. The molecule has 1 atom stereocenters. The quantitative estimate of drug-likeness (QED) is 0.511. The van der Waals surface area contributed by atoms with E-state index in [0.29, 0.717) is 0 Å². The molecule has 4 rings (SSSR count). The predicted molar refractivity (Wildman–Crippen MR) is 112 cm³/mol. The summed E-state index contributed by atoms with van der Waals surface area (Å²) in [6.07, 6.45) is 1.73. The van der Waals surface area contributed by atoms with Crippen LogP contribution in [-0.4, -0.2) is 15.9 Å². The van der Waals surface area contributed by atoms with Crippen LogP contribution in [0, 0.1) is 0 Å². The second kappa shape index (κ2) is 8.09. The Morgan fingerprint density at radius 2 is 1.64 bits per heavy atom. The van der Waals surface area contributed by atoms with Crippen molar-refractivity contribution in [2.75, 3.05) is 0 Å². The van der Waals surface area contributed by atoms with Crippen molar-refractivity contribution in [3.8, 4) is 0 Å². The predicted octanol–water partition coefficient (Wildman–Crippen LogP) is 4.84. The lowest BCUT2D eigenvalue weighted by atomic mass is 9.99. The number of aryl methyl sites for hydroxylation is 2. The number of para-hydroxylation sites is 2. The van der Waals surface area contributed by atoms with Gasteiger partial charge < -0.3 is 10.3 Å². The fourth-order valence-corrected chi connectivity index (χ4v) is 3.40. The zero-order valence-corrected chi connectivity index (χ0v) is 15.9. The number of hydrogen-bond donors (Lipinski definition) is 2. The van der Waals surface area contributed by atoms with Crippen LogP contribution in [0.3, 0.4) is 0 Å². The molecule has 140 valence electrons. The lowest BCUT2D eigenvalue weighted by molar-refractivity contribution is 0.0937. The molecule has 0 saturated heterocycles. The van der Waals surface area contributed by atoms with Crippen LogP contribution >= 0.6 is 0 Å². The van der Waals surface area contributed by atoms with Gasteiger partial charge in [0.1, 0.15) is 5.82 Å². The number of nitrogens with one attached hydrogen (secondary N) is 2. The molecule has 0 spiro atoms. The van der Waals surface area contributed by atoms with Gasteiger partial charge in [-0.15, -0.1) is 0 Å². The third-order valence-electron chi connectivity index (χ3n) is 4.95. The van der Waals surface area contributed by atoms with E-state index < -0.39 is 0 Å². The molecule has 0 fully saturated rings. The first-order chi connectivity index (χ1) is 13.7. The molecule has 0 bridgehead atoms. The summed E-state index contributed by atoms with van der Waals surface area (Å²) in [6, 6.07) is 25.8. The number of benzene rings is 3. The Balaban J connectivity index is 1.48. The first kappa shape index (κ1) is 18.0. The van der Waals surface area contributed by atoms with Crippen LogP contribution in [0.25, 0.3) is 11.0 Å². The third-order valence-corrected chi connectivity index (χ3v) is 4.95. The average molecular weight is 369 g/mol. The number of imidazole rings is 1. The van der Waals surface area contributed by atoms with Gasteiger partial charge in [0.2, 0.25) is 0 Å². The van der Waals surface area contributed by atoms with E-state index in [0.717, 1.165) is 40.8 Å². The van der Waals surface area contributed by atoms with Crippen molar-refractivity contribution < 1.29 is 4.79 Å². The molecule has 1 aromatic heterocycles. The van der Waals surface area contributed by atoms with Gasteiger partial charge in [-0.1, -0.05) is 60.7 Å². The van der Waals surface area contributed by atoms with Crippen LogP contribution in [-0.2, 0) is 12.8 Å². The number of nitrogens with zero attached hydrogens (tertiary/aromatic N) is 1. The first-order valence-electron chi connectivity index (χ1n) is 9.58. The maximum atomic E-state index is 12.9. The van der Waals surface area contributed by atoms with Gasteiger partial charge in [-0.2, -0.15) is 0 Å². The van der Waals surface area contributed by atoms with Gasteiger partial charge in [0, 0.05) is 5.56 Å². The van der Waals surface area contributed by atoms with Crippen molar-refractivity contribution in [1.82, 2.24) is 15.3 Å². The lowest BCUT2D eigenvalue weighted by Crippen LogP contribution is -2.28. The molecule has 1 heterocycles. The monoisotopic (exact) mass is 369 g/mol. The summed E-state index contributed by atoms with van der Waals surface area (Å²) in [5, 5.41) is 3.08. The molecule has 4 aromatic rings. The number of aromatic amines is 1. The molecule has 1 amide bonds. The van der Waals surface area contributed by atoms with Crippen molar-refractivity contribution in [2.24, 2.45) is 0 Å². The highest BCUT2D eigenvalue weighted by Gasteiger charge is 2.17. The van der Waals surface area contributed by atoms with Crippen molar-refractivity contribution in [3.63, 3.8) is 0 Å². The minimum absolute atomic E-state index is 0.0726. The van der Waals surface area contributed by atoms with E-state index in [2.05, 4.69) is 27.4 Å². The molecule has 0 unspecified atom stereocenters. The van der Waals surface area contributed by atoms with Crippen molar-refractivity contribution in [1.29, 1.82) is 0 Å². The fraction of sp³-hybridized carbons (Fsp3) is 0.167. The van der Waals surface area contributed by atoms with Crippen LogP contribution in [0.2, 0.25) is 0 Å². The molecular formula is C24H23N3O. The number of hydrogen-bond acceptors (Lipinski definition) is 2. The van der Waals surface area contributed by atoms with Crippen LogP contribution in [0.4, 0.5) is 0 Å². The second-order valence-corrected chi connectivity index (χ2v) is 6.98. The molecule has 4 nitrogen and oxygen atoms in total. The number of amides is 1. The van der Waals surface area contributed by atoms with E-state index in [9.17, 15) is 4.79 Å². The van der Waals surface area contributed by atoms with Gasteiger partial charge in [-0.05, 0) is 49.1 Å². The summed E-state index contributed by atoms with van der Waals surface area (Å²) in [7, 11) is 0. The van der Waals surface area contributed by atoms with Gasteiger partial charge in [0.25, 0.3) is 5.91 Å². The molecule has 0 aliphatic heterocycles. The van der Waals surface area contributed by atoms with Crippen LogP contribution in [0.1, 0.15) is 40.3 Å². The topological polar surface area (TPSA) is 57.8 Å². The summed E-state index contributed by atoms with van der Waals surface area (Å²) in [5.41, 5.74) is 4.93. The SMILES string of the molecule is C[C@H](NC(=O)c1ccccc1CCc1ccccc1)c1nc2ccccc2[nH]1. The van der Waals surface area contributed by atoms with Crippen LogP contribution in [0.15, 0.2) is 78.9 Å². The summed E-state index contributed by atoms with van der Waals surface area (Å²) in [5.74, 6) is 0.688. The number of carbonyl (C=O) groups excluding carboxylic acids is 1. The summed E-state index contributed by atoms with van der Waals surface area (Å²) in [6.45, 7) is 1.95. The second-order valence-electron chi connectivity index (χ2n) is 6.98. The van der Waals surface area contributed by atoms with E-state index in [1.165, 1.54) is 5.56 Å². The third kappa shape index (κ3) is 3.96. The van der Waals surface area contributed by atoms with E-state index in [1.54, 1.807) is 0 Å². The van der Waals surface area contributed by atoms with E-state index in [1.807, 2.05) is 73.7 Å². The van der Waals surface area contributed by atoms with Crippen LogP contribution < -0.4 is 5.32 Å². The van der Waals surface area contributed by atoms with Gasteiger partial charge in [-0.3, -0.25) is 4.79 Å². The molecule has 0 aliphatic rings. The Labute approximate surface area is 164 Å². The normalized spacial score (nSPS) is 12.0. The molecule has 28 heavy (non-hydrogen) atoms. The number of aromatic nitrogens is 2. The lowest BCUT2D eigenvalue weighted by Gasteiger charge is -2.14. The number of rotatable bonds is 6. The van der Waals surface area contributed by atoms with Crippen molar-refractivity contribution in [3.05, 3.63) is 101 Å². The maximum Gasteiger partial charge on any atom is 0.252 e. The van der Waals surface area contributed by atoms with Crippen molar-refractivity contribution >= 4 is 16.9 Å². The van der Waals surface area contributed by atoms with Gasteiger partial charge in [0.05, 0.1) is 17.1 Å². The smallest absolute Gasteiger partial charge is 0.252 e. The first-order valence-corrected chi connectivity index (χ1v) is 9.58. The Bertz CT molecular complexity index is 1050. The Kier molecular flexibility index (Phi) is 5.20. The van der Waals surface area contributed by atoms with E-state index >= 15 is 0 Å². The molecular weight excluding hydrogens is 346 g/mol. The number of H-pyrrole nitrogens is 1. The molecule has 0 saturated carbocycles. The standard InChI is InChI=1S/C24H23N3O/c1-17(23-26-21-13-7-8-14-22(21)27-23)25-24(28)20-12-6-5-11-19(20)16-15-18-9-3-2-4-10-18/h2-14,17H,15-16H2,1H3,(H,25,28)(H,26,27)/t17-/m0/s1. The Morgan fingerprint density at radius 3 is 2.46 bits per heavy atom.